The molecule has 18 unspecified atom stereocenters. The van der Waals surface area contributed by atoms with Crippen molar-refractivity contribution in [2.75, 3.05) is 26.4 Å². The zero-order valence-corrected chi connectivity index (χ0v) is 61.4. The van der Waals surface area contributed by atoms with Gasteiger partial charge >= 0.3 is 5.97 Å². The Kier molecular flexibility index (Phi) is 51.2. The van der Waals surface area contributed by atoms with Gasteiger partial charge in [0.05, 0.1) is 50.7 Å². The topological polar surface area (TPSA) is 373 Å². The quantitative estimate of drug-likeness (QED) is 0.0199. The Morgan fingerprint density at radius 1 is 0.525 bits per heavy atom. The molecule has 99 heavy (non-hydrogen) atoms. The predicted octanol–water partition coefficient (Wildman–Crippen LogP) is 9.80. The largest absolute Gasteiger partial charge is 0.477 e. The number of carboxylic acids is 1. The number of allylic oxidation sites excluding steroid dienone is 1. The zero-order valence-electron chi connectivity index (χ0n) is 61.4. The molecule has 3 aliphatic rings. The summed E-state index contributed by atoms with van der Waals surface area (Å²) in [4.78, 5) is 38.6. The number of aliphatic hydroxyl groups excluding tert-OH is 11. The van der Waals surface area contributed by atoms with Gasteiger partial charge in [-0.3, -0.25) is 9.59 Å². The molecule has 0 aromatic heterocycles. The molecule has 3 fully saturated rings. The van der Waals surface area contributed by atoms with Crippen LogP contribution in [0.2, 0.25) is 0 Å². The minimum Gasteiger partial charge on any atom is -0.477 e. The summed E-state index contributed by atoms with van der Waals surface area (Å²) >= 11 is 0. The molecule has 582 valence electrons. The maximum absolute atomic E-state index is 13.5. The van der Waals surface area contributed by atoms with Crippen molar-refractivity contribution in [1.29, 1.82) is 0 Å². The number of aliphatic carboxylic acids is 1. The van der Waals surface area contributed by atoms with Crippen LogP contribution in [0.3, 0.4) is 0 Å². The minimum absolute atomic E-state index is 0.206. The summed E-state index contributed by atoms with van der Waals surface area (Å²) < 4.78 is 34.9. The van der Waals surface area contributed by atoms with Crippen molar-refractivity contribution in [2.24, 2.45) is 0 Å². The van der Waals surface area contributed by atoms with Crippen LogP contribution in [-0.4, -0.2) is 215 Å². The molecule has 3 rings (SSSR count). The van der Waals surface area contributed by atoms with Gasteiger partial charge in [-0.2, -0.15) is 0 Å². The third-order valence-corrected chi connectivity index (χ3v) is 20.2. The Balaban J connectivity index is 1.48. The summed E-state index contributed by atoms with van der Waals surface area (Å²) in [6, 6.07) is -2.61. The van der Waals surface area contributed by atoms with Gasteiger partial charge in [0.1, 0.15) is 67.1 Å². The van der Waals surface area contributed by atoms with Gasteiger partial charge in [-0.1, -0.05) is 289 Å². The van der Waals surface area contributed by atoms with Gasteiger partial charge in [-0.25, -0.2) is 4.79 Å². The number of carboxylic acid groups (broad SMARTS) is 1. The van der Waals surface area contributed by atoms with E-state index in [2.05, 4.69) is 24.5 Å². The average molecular weight is 1420 g/mol. The second-order valence-electron chi connectivity index (χ2n) is 28.9. The fourth-order valence-corrected chi connectivity index (χ4v) is 13.9. The third-order valence-electron chi connectivity index (χ3n) is 20.2. The molecule has 18 atom stereocenters. The first-order valence-electron chi connectivity index (χ1n) is 39.6. The Labute approximate surface area is 594 Å². The van der Waals surface area contributed by atoms with Crippen LogP contribution in [0.25, 0.3) is 0 Å². The van der Waals surface area contributed by atoms with Gasteiger partial charge in [-0.05, 0) is 19.3 Å². The molecule has 14 N–H and O–H groups in total. The summed E-state index contributed by atoms with van der Waals surface area (Å²) in [7, 11) is 0. The molecule has 0 bridgehead atoms. The molecule has 2 amide bonds. The maximum atomic E-state index is 13.5. The van der Waals surface area contributed by atoms with E-state index >= 15 is 0 Å². The molecule has 0 aliphatic carbocycles. The van der Waals surface area contributed by atoms with Crippen LogP contribution in [0.1, 0.15) is 316 Å². The number of amides is 2. The first-order chi connectivity index (χ1) is 47.9. The highest BCUT2D eigenvalue weighted by Crippen LogP contribution is 2.39. The highest BCUT2D eigenvalue weighted by molar-refractivity contribution is 5.77. The standard InChI is InChI=1S/C76H142N2O21/c1-4-6-8-10-12-14-16-18-20-21-22-23-24-25-26-27-28-29-30-31-32-33-34-36-38-40-42-44-46-48-50-63(86)78-57(58(83)49-47-45-43-41-39-37-35-19-17-15-13-11-9-7-5-2)55-94-73-68(90)67(89)70(62(54-81)96-73)97-74-69(91)72(66(88)61(53-80)95-74)99-76(75(92)93)51-59(84)64(77-56(3)82)71(98-76)65(87)60(85)52-79/h47,49,57-62,64-74,79-81,83-85,87-91H,4-46,48,50-55H2,1-3H3,(H,77,82)(H,78,86)(H,92,93)/b49-47+. The molecule has 23 nitrogen and oxygen atoms in total. The van der Waals surface area contributed by atoms with Crippen LogP contribution in [0.15, 0.2) is 12.2 Å². The summed E-state index contributed by atoms with van der Waals surface area (Å²) in [6.07, 6.45) is 29.8. The summed E-state index contributed by atoms with van der Waals surface area (Å²) in [6.45, 7) is 2.18. The first kappa shape index (κ1) is 90.7. The van der Waals surface area contributed by atoms with Crippen molar-refractivity contribution in [2.45, 2.75) is 426 Å². The molecule has 0 aromatic rings. The number of hydrogen-bond acceptors (Lipinski definition) is 20. The third kappa shape index (κ3) is 36.8. The lowest BCUT2D eigenvalue weighted by Crippen LogP contribution is -2.70. The molecular weight excluding hydrogens is 1280 g/mol. The molecular formula is C76H142N2O21. The number of hydrogen-bond donors (Lipinski definition) is 14. The lowest BCUT2D eigenvalue weighted by atomic mass is 9.88. The highest BCUT2D eigenvalue weighted by Gasteiger charge is 2.60. The van der Waals surface area contributed by atoms with Crippen molar-refractivity contribution in [1.82, 2.24) is 10.6 Å². The second-order valence-corrected chi connectivity index (χ2v) is 28.9. The summed E-state index contributed by atoms with van der Waals surface area (Å²) in [5, 5.41) is 136. The van der Waals surface area contributed by atoms with Crippen LogP contribution in [0.5, 0.6) is 0 Å². The molecule has 0 aromatic carbocycles. The fourth-order valence-electron chi connectivity index (χ4n) is 13.9. The van der Waals surface area contributed by atoms with Crippen LogP contribution in [0.4, 0.5) is 0 Å². The van der Waals surface area contributed by atoms with Crippen LogP contribution < -0.4 is 10.6 Å². The number of carbonyl (C=O) groups is 3. The lowest BCUT2D eigenvalue weighted by molar-refractivity contribution is -0.386. The van der Waals surface area contributed by atoms with Crippen molar-refractivity contribution >= 4 is 17.8 Å². The van der Waals surface area contributed by atoms with Gasteiger partial charge < -0.3 is 100 Å². The average Bonchev–Trinajstić information content (AvgIpc) is 0.757. The Bertz CT molecular complexity index is 2030. The van der Waals surface area contributed by atoms with E-state index in [1.807, 2.05) is 6.08 Å². The number of rotatable bonds is 62. The summed E-state index contributed by atoms with van der Waals surface area (Å²) in [5.74, 6) is -6.13. The van der Waals surface area contributed by atoms with E-state index in [4.69, 9.17) is 28.4 Å². The number of carbonyl (C=O) groups excluding carboxylic acids is 2. The zero-order chi connectivity index (χ0) is 72.5. The number of unbranched alkanes of at least 4 members (excludes halogenated alkanes) is 42. The Hall–Kier alpha value is -2.53. The monoisotopic (exact) mass is 1420 g/mol. The SMILES string of the molecule is CCCCCCCCCCCCCCC/C=C/C(O)C(COC1OC(CO)C(OC2OC(CO)C(O)C(OC3(C(=O)O)CC(O)C(NC(C)=O)C(C(O)C(O)CO)O3)C2O)C(O)C1O)NC(=O)CCCCCCCCCCCCCCCCCCCCCCCCCCCCCCCC. The van der Waals surface area contributed by atoms with Crippen LogP contribution in [0, 0.1) is 0 Å². The Morgan fingerprint density at radius 2 is 0.939 bits per heavy atom. The molecule has 23 heteroatoms. The minimum atomic E-state index is -3.08. The van der Waals surface area contributed by atoms with Gasteiger partial charge in [0, 0.05) is 19.8 Å². The van der Waals surface area contributed by atoms with E-state index in [0.717, 1.165) is 51.9 Å². The van der Waals surface area contributed by atoms with Crippen molar-refractivity contribution in [3.63, 3.8) is 0 Å². The van der Waals surface area contributed by atoms with E-state index in [1.54, 1.807) is 6.08 Å². The van der Waals surface area contributed by atoms with E-state index in [1.165, 1.54) is 225 Å². The van der Waals surface area contributed by atoms with Crippen molar-refractivity contribution in [3.8, 4) is 0 Å². The van der Waals surface area contributed by atoms with Crippen molar-refractivity contribution in [3.05, 3.63) is 12.2 Å². The van der Waals surface area contributed by atoms with Gasteiger partial charge in [-0.15, -0.1) is 0 Å². The molecule has 0 radical (unpaired) electrons. The van der Waals surface area contributed by atoms with E-state index < -0.39 is 155 Å². The smallest absolute Gasteiger partial charge is 0.364 e. The number of aliphatic hydroxyl groups is 11. The molecule has 0 spiro atoms. The maximum Gasteiger partial charge on any atom is 0.364 e. The predicted molar refractivity (Wildman–Crippen MR) is 380 cm³/mol. The van der Waals surface area contributed by atoms with Crippen molar-refractivity contribution < 1.29 is 104 Å². The first-order valence-corrected chi connectivity index (χ1v) is 39.6. The molecule has 0 saturated carbocycles. The lowest BCUT2D eigenvalue weighted by Gasteiger charge is -2.50. The normalized spacial score (nSPS) is 27.1. The van der Waals surface area contributed by atoms with Gasteiger partial charge in [0.15, 0.2) is 12.6 Å². The number of nitrogens with one attached hydrogen (secondary N) is 2. The van der Waals surface area contributed by atoms with Gasteiger partial charge in [0.25, 0.3) is 5.79 Å². The molecule has 3 aliphatic heterocycles. The van der Waals surface area contributed by atoms with Crippen LogP contribution in [-0.2, 0) is 42.8 Å². The van der Waals surface area contributed by atoms with E-state index in [9.17, 15) is 75.7 Å². The second kappa shape index (κ2) is 55.9. The number of ether oxygens (including phenoxy) is 6. The van der Waals surface area contributed by atoms with E-state index in [0.29, 0.717) is 12.8 Å². The summed E-state index contributed by atoms with van der Waals surface area (Å²) in [5.41, 5.74) is 0. The van der Waals surface area contributed by atoms with Crippen LogP contribution >= 0.6 is 0 Å². The highest BCUT2D eigenvalue weighted by atomic mass is 16.8. The molecule has 3 saturated heterocycles. The van der Waals surface area contributed by atoms with Gasteiger partial charge in [0.2, 0.25) is 11.8 Å². The fraction of sp³-hybridized carbons (Fsp3) is 0.934. The Morgan fingerprint density at radius 3 is 1.34 bits per heavy atom. The molecule has 3 heterocycles. The van der Waals surface area contributed by atoms with E-state index in [-0.39, 0.29) is 12.3 Å².